The minimum Gasteiger partial charge on any atom is -0.370 e. The zero-order chi connectivity index (χ0) is 12.2. The van der Waals surface area contributed by atoms with Gasteiger partial charge in [-0.05, 0) is 19.3 Å². The molecule has 0 aromatic carbocycles. The van der Waals surface area contributed by atoms with Gasteiger partial charge in [-0.1, -0.05) is 19.1 Å². The molecule has 0 aromatic heterocycles. The van der Waals surface area contributed by atoms with Crippen LogP contribution in [-0.2, 0) is 4.79 Å². The molecule has 0 heterocycles. The van der Waals surface area contributed by atoms with Crippen LogP contribution in [-0.4, -0.2) is 24.6 Å². The van der Waals surface area contributed by atoms with Crippen molar-refractivity contribution >= 4 is 40.9 Å². The summed E-state index contributed by atoms with van der Waals surface area (Å²) in [6, 6.07) is 0. The Bertz CT molecular complexity index is 287. The van der Waals surface area contributed by atoms with E-state index >= 15 is 0 Å². The number of carbonyl (C=O) groups is 1. The van der Waals surface area contributed by atoms with Crippen LogP contribution in [0.4, 0.5) is 0 Å². The van der Waals surface area contributed by atoms with E-state index in [4.69, 9.17) is 5.73 Å². The molecule has 1 amide bonds. The second kappa shape index (κ2) is 10.6. The van der Waals surface area contributed by atoms with Gasteiger partial charge in [0.2, 0.25) is 0 Å². The summed E-state index contributed by atoms with van der Waals surface area (Å²) in [7, 11) is 0. The number of halogens is 1. The van der Waals surface area contributed by atoms with Gasteiger partial charge in [0.15, 0.2) is 5.96 Å². The Morgan fingerprint density at radius 3 is 2.88 bits per heavy atom. The van der Waals surface area contributed by atoms with Crippen LogP contribution >= 0.6 is 22.9 Å². The molecule has 0 radical (unpaired) electrons. The lowest BCUT2D eigenvalue weighted by Crippen LogP contribution is -2.37. The summed E-state index contributed by atoms with van der Waals surface area (Å²) < 4.78 is 3.53. The van der Waals surface area contributed by atoms with Gasteiger partial charge in [0.25, 0.3) is 5.91 Å². The van der Waals surface area contributed by atoms with Crippen LogP contribution in [0.1, 0.15) is 26.2 Å². The Morgan fingerprint density at radius 2 is 2.25 bits per heavy atom. The number of rotatable bonds is 6. The van der Waals surface area contributed by atoms with Gasteiger partial charge in [0.1, 0.15) is 0 Å². The van der Waals surface area contributed by atoms with Gasteiger partial charge in [-0.15, -0.1) is 0 Å². The quantitative estimate of drug-likeness (QED) is 0.254. The van der Waals surface area contributed by atoms with E-state index in [0.29, 0.717) is 6.54 Å². The smallest absolute Gasteiger partial charge is 0.269 e. The molecular weight excluding hydrogens is 319 g/mol. The number of allylic oxidation sites excluding steroid dienone is 2. The molecule has 0 aliphatic carbocycles. The lowest BCUT2D eigenvalue weighted by atomic mass is 10.3. The minimum absolute atomic E-state index is 0.140. The number of hydrogen-bond acceptors (Lipinski definition) is 3. The van der Waals surface area contributed by atoms with Crippen LogP contribution in [0.25, 0.3) is 0 Å². The van der Waals surface area contributed by atoms with Gasteiger partial charge in [0.05, 0.1) is 29.1 Å². The highest BCUT2D eigenvalue weighted by molar-refractivity contribution is 14.1. The largest absolute Gasteiger partial charge is 0.370 e. The number of hydrogen-bond donors (Lipinski definition) is 2. The molecule has 3 N–H and O–H groups in total. The van der Waals surface area contributed by atoms with E-state index in [9.17, 15) is 4.79 Å². The highest BCUT2D eigenvalue weighted by atomic mass is 127. The fraction of sp³-hybridized carbons (Fsp3) is 0.500. The summed E-state index contributed by atoms with van der Waals surface area (Å²) in [5.41, 5.74) is 5.48. The second-order valence-corrected chi connectivity index (χ2v) is 3.56. The van der Waals surface area contributed by atoms with Gasteiger partial charge in [-0.3, -0.25) is 15.1 Å². The minimum atomic E-state index is -0.360. The topological polar surface area (TPSA) is 79.8 Å². The Hall–Kier alpha value is -0.920. The third-order valence-corrected chi connectivity index (χ3v) is 1.91. The molecule has 5 nitrogen and oxygen atoms in total. The number of amides is 1. The van der Waals surface area contributed by atoms with Crippen LogP contribution in [0.3, 0.4) is 0 Å². The van der Waals surface area contributed by atoms with Crippen LogP contribution in [0.5, 0.6) is 0 Å². The maximum atomic E-state index is 11.0. The molecule has 0 atom stereocenters. The van der Waals surface area contributed by atoms with Crippen molar-refractivity contribution < 1.29 is 4.79 Å². The summed E-state index contributed by atoms with van der Waals surface area (Å²) in [6.07, 6.45) is 8.34. The monoisotopic (exact) mass is 336 g/mol. The van der Waals surface area contributed by atoms with E-state index in [1.54, 1.807) is 22.9 Å². The molecule has 0 bridgehead atoms. The predicted octanol–water partition coefficient (Wildman–Crippen LogP) is 1.58. The zero-order valence-electron chi connectivity index (χ0n) is 9.32. The molecule has 0 saturated heterocycles. The first-order valence-corrected chi connectivity index (χ1v) is 6.07. The molecule has 0 aliphatic rings. The maximum Gasteiger partial charge on any atom is 0.269 e. The van der Waals surface area contributed by atoms with Crippen molar-refractivity contribution in [3.8, 4) is 0 Å². The third kappa shape index (κ3) is 9.63. The van der Waals surface area contributed by atoms with Crippen LogP contribution in [0, 0.1) is 0 Å². The van der Waals surface area contributed by atoms with Gasteiger partial charge < -0.3 is 5.73 Å². The maximum absolute atomic E-state index is 11.0. The van der Waals surface area contributed by atoms with Gasteiger partial charge in [-0.25, -0.2) is 3.21 Å². The second-order valence-electron chi connectivity index (χ2n) is 3.00. The normalized spacial score (nSPS) is 12.5. The first-order chi connectivity index (χ1) is 7.70. The number of nitrogens with two attached hydrogens (primary N) is 1. The van der Waals surface area contributed by atoms with Crippen molar-refractivity contribution in [1.82, 2.24) is 5.32 Å². The SMILES string of the molecule is CC/C=C\CCCN=C(N)NC(=O)C=NI. The Balaban J connectivity index is 3.70. The van der Waals surface area contributed by atoms with E-state index in [1.807, 2.05) is 0 Å². The lowest BCUT2D eigenvalue weighted by Gasteiger charge is -1.99. The molecule has 16 heavy (non-hydrogen) atoms. The molecule has 0 saturated carbocycles. The van der Waals surface area contributed by atoms with Crippen molar-refractivity contribution in [2.75, 3.05) is 6.54 Å². The fourth-order valence-electron chi connectivity index (χ4n) is 0.936. The van der Waals surface area contributed by atoms with Crippen molar-refractivity contribution in [2.24, 2.45) is 13.9 Å². The first-order valence-electron chi connectivity index (χ1n) is 5.11. The van der Waals surface area contributed by atoms with E-state index in [2.05, 4.69) is 32.6 Å². The van der Waals surface area contributed by atoms with Gasteiger partial charge in [-0.2, -0.15) is 0 Å². The summed E-state index contributed by atoms with van der Waals surface area (Å²) >= 11 is 1.72. The Morgan fingerprint density at radius 1 is 1.50 bits per heavy atom. The molecule has 0 aromatic rings. The van der Waals surface area contributed by atoms with Crippen molar-refractivity contribution in [2.45, 2.75) is 26.2 Å². The highest BCUT2D eigenvalue weighted by Crippen LogP contribution is 1.92. The lowest BCUT2D eigenvalue weighted by molar-refractivity contribution is -0.113. The van der Waals surface area contributed by atoms with E-state index in [1.165, 1.54) is 0 Å². The molecule has 0 aliphatic heterocycles. The highest BCUT2D eigenvalue weighted by Gasteiger charge is 1.97. The molecule has 0 rings (SSSR count). The number of nitrogens with zero attached hydrogens (tertiary/aromatic N) is 2. The van der Waals surface area contributed by atoms with Crippen molar-refractivity contribution in [3.63, 3.8) is 0 Å². The van der Waals surface area contributed by atoms with Crippen molar-refractivity contribution in [1.29, 1.82) is 0 Å². The predicted molar refractivity (Wildman–Crippen MR) is 75.8 cm³/mol. The molecule has 0 fully saturated rings. The van der Waals surface area contributed by atoms with E-state index in [-0.39, 0.29) is 11.9 Å². The summed E-state index contributed by atoms with van der Waals surface area (Å²) in [5, 5.41) is 2.40. The molecule has 0 unspecified atom stereocenters. The first kappa shape index (κ1) is 15.1. The van der Waals surface area contributed by atoms with Gasteiger partial charge in [0, 0.05) is 6.54 Å². The molecule has 6 heteroatoms. The summed E-state index contributed by atoms with van der Waals surface area (Å²) in [6.45, 7) is 2.71. The average molecular weight is 336 g/mol. The standard InChI is InChI=1S/C10H17IN4O/c1-2-3-4-5-6-7-13-10(12)15-9(16)8-14-11/h3-4,8H,2,5-7H2,1H3,(H3,12,13,15,16)/b4-3-,14-8?. The Labute approximate surface area is 110 Å². The average Bonchev–Trinajstić information content (AvgIpc) is 2.23. The van der Waals surface area contributed by atoms with Crippen LogP contribution in [0.2, 0.25) is 0 Å². The van der Waals surface area contributed by atoms with E-state index < -0.39 is 0 Å². The van der Waals surface area contributed by atoms with Crippen molar-refractivity contribution in [3.05, 3.63) is 12.2 Å². The fourth-order valence-corrected chi connectivity index (χ4v) is 1.19. The number of guanidine groups is 1. The van der Waals surface area contributed by atoms with Crippen LogP contribution in [0.15, 0.2) is 20.4 Å². The zero-order valence-corrected chi connectivity index (χ0v) is 11.5. The summed E-state index contributed by atoms with van der Waals surface area (Å²) in [4.78, 5) is 15.0. The number of unbranched alkanes of at least 4 members (excludes halogenated alkanes) is 1. The summed E-state index contributed by atoms with van der Waals surface area (Å²) in [5.74, 6) is -0.220. The third-order valence-electron chi connectivity index (χ3n) is 1.63. The molecular formula is C10H17IN4O. The number of aliphatic imine (C=N–C) groups is 1. The van der Waals surface area contributed by atoms with Crippen LogP contribution < -0.4 is 11.1 Å². The van der Waals surface area contributed by atoms with Gasteiger partial charge >= 0.3 is 0 Å². The number of nitrogens with one attached hydrogen (secondary N) is 1. The Kier molecular flexibility index (Phi) is 9.98. The molecule has 90 valence electrons. The van der Waals surface area contributed by atoms with E-state index in [0.717, 1.165) is 25.5 Å². The molecule has 0 spiro atoms. The number of carbonyl (C=O) groups excluding carboxylic acids is 1.